The molecule has 1 saturated carbocycles. The number of hydrogen-bond donors (Lipinski definition) is 2. The van der Waals surface area contributed by atoms with Crippen molar-refractivity contribution in [3.63, 3.8) is 0 Å². The fraction of sp³-hybridized carbons (Fsp3) is 1.00. The summed E-state index contributed by atoms with van der Waals surface area (Å²) in [7, 11) is 0. The van der Waals surface area contributed by atoms with Crippen LogP contribution in [0.1, 0.15) is 64.2 Å². The van der Waals surface area contributed by atoms with Crippen LogP contribution in [-0.2, 0) is 9.47 Å². The van der Waals surface area contributed by atoms with E-state index in [0.717, 1.165) is 51.6 Å². The van der Waals surface area contributed by atoms with E-state index in [1.54, 1.807) is 0 Å². The first-order valence-electron chi connectivity index (χ1n) is 7.82. The van der Waals surface area contributed by atoms with Gasteiger partial charge in [0.2, 0.25) is 0 Å². The van der Waals surface area contributed by atoms with Crippen molar-refractivity contribution in [1.29, 1.82) is 0 Å². The highest BCUT2D eigenvalue weighted by molar-refractivity contribution is 4.82. The van der Waals surface area contributed by atoms with Crippen LogP contribution < -0.4 is 0 Å². The fourth-order valence-corrected chi connectivity index (χ4v) is 3.04. The van der Waals surface area contributed by atoms with Crippen molar-refractivity contribution in [2.75, 3.05) is 13.2 Å². The zero-order chi connectivity index (χ0) is 13.6. The van der Waals surface area contributed by atoms with Crippen LogP contribution in [0.25, 0.3) is 0 Å². The molecule has 19 heavy (non-hydrogen) atoms. The lowest BCUT2D eigenvalue weighted by molar-refractivity contribution is -0.176. The first kappa shape index (κ1) is 15.2. The maximum Gasteiger partial charge on any atom is 0.157 e. The number of hydrogen-bond acceptors (Lipinski definition) is 4. The van der Waals surface area contributed by atoms with Gasteiger partial charge in [0.15, 0.2) is 6.29 Å². The van der Waals surface area contributed by atoms with Crippen LogP contribution in [0.3, 0.4) is 0 Å². The van der Waals surface area contributed by atoms with Gasteiger partial charge in [0.25, 0.3) is 0 Å². The van der Waals surface area contributed by atoms with Crippen molar-refractivity contribution in [1.82, 2.24) is 0 Å². The Hall–Kier alpha value is -0.160. The Labute approximate surface area is 116 Å². The highest BCUT2D eigenvalue weighted by atomic mass is 16.7. The van der Waals surface area contributed by atoms with Gasteiger partial charge in [0.1, 0.15) is 0 Å². The van der Waals surface area contributed by atoms with Crippen LogP contribution in [0.2, 0.25) is 0 Å². The topological polar surface area (TPSA) is 58.9 Å². The summed E-state index contributed by atoms with van der Waals surface area (Å²) in [5.41, 5.74) is -0.541. The average Bonchev–Trinajstić information content (AvgIpc) is 2.45. The van der Waals surface area contributed by atoms with Gasteiger partial charge in [-0.15, -0.1) is 0 Å². The Bertz CT molecular complexity index is 245. The quantitative estimate of drug-likeness (QED) is 0.779. The van der Waals surface area contributed by atoms with Crippen LogP contribution in [0, 0.1) is 0 Å². The SMILES string of the molecule is O[C@@H](CCC1(O)CCCCC1)COC1CCCCO1. The van der Waals surface area contributed by atoms with E-state index in [1.165, 1.54) is 6.42 Å². The van der Waals surface area contributed by atoms with Gasteiger partial charge in [0.05, 0.1) is 18.3 Å². The summed E-state index contributed by atoms with van der Waals surface area (Å²) >= 11 is 0. The van der Waals surface area contributed by atoms with Gasteiger partial charge in [-0.1, -0.05) is 19.3 Å². The molecule has 0 amide bonds. The smallest absolute Gasteiger partial charge is 0.157 e. The van der Waals surface area contributed by atoms with Crippen molar-refractivity contribution in [3.8, 4) is 0 Å². The molecule has 0 spiro atoms. The molecule has 0 aromatic heterocycles. The van der Waals surface area contributed by atoms with Crippen molar-refractivity contribution in [3.05, 3.63) is 0 Å². The summed E-state index contributed by atoms with van der Waals surface area (Å²) in [5, 5.41) is 20.3. The molecule has 0 aromatic carbocycles. The van der Waals surface area contributed by atoms with Gasteiger partial charge < -0.3 is 19.7 Å². The molecule has 1 aliphatic heterocycles. The lowest BCUT2D eigenvalue weighted by Crippen LogP contribution is -2.33. The first-order valence-corrected chi connectivity index (χ1v) is 7.82. The highest BCUT2D eigenvalue weighted by Gasteiger charge is 2.29. The minimum absolute atomic E-state index is 0.138. The Kier molecular flexibility index (Phi) is 6.07. The largest absolute Gasteiger partial charge is 0.391 e. The fourth-order valence-electron chi connectivity index (χ4n) is 3.04. The van der Waals surface area contributed by atoms with E-state index in [1.807, 2.05) is 0 Å². The van der Waals surface area contributed by atoms with E-state index in [9.17, 15) is 10.2 Å². The maximum atomic E-state index is 10.4. The molecule has 1 heterocycles. The Morgan fingerprint density at radius 3 is 2.63 bits per heavy atom. The van der Waals surface area contributed by atoms with E-state index >= 15 is 0 Å². The molecule has 1 aliphatic carbocycles. The summed E-state index contributed by atoms with van der Waals surface area (Å²) in [4.78, 5) is 0. The summed E-state index contributed by atoms with van der Waals surface area (Å²) in [6.45, 7) is 1.08. The number of rotatable bonds is 6. The van der Waals surface area contributed by atoms with Gasteiger partial charge in [-0.05, 0) is 44.9 Å². The standard InChI is InChI=1S/C15H28O4/c16-13(12-19-14-6-2-5-11-18-14)7-10-15(17)8-3-1-4-9-15/h13-14,16-17H,1-12H2/t13-,14?/m0/s1. The van der Waals surface area contributed by atoms with E-state index in [2.05, 4.69) is 0 Å². The van der Waals surface area contributed by atoms with E-state index in [0.29, 0.717) is 19.4 Å². The Morgan fingerprint density at radius 2 is 1.95 bits per heavy atom. The normalized spacial score (nSPS) is 29.1. The Balaban J connectivity index is 1.59. The van der Waals surface area contributed by atoms with Crippen LogP contribution in [0.5, 0.6) is 0 Å². The summed E-state index contributed by atoms with van der Waals surface area (Å²) in [6, 6.07) is 0. The van der Waals surface area contributed by atoms with E-state index in [-0.39, 0.29) is 6.29 Å². The second-order valence-corrected chi connectivity index (χ2v) is 6.11. The minimum Gasteiger partial charge on any atom is -0.391 e. The predicted molar refractivity (Wildman–Crippen MR) is 72.8 cm³/mol. The van der Waals surface area contributed by atoms with E-state index < -0.39 is 11.7 Å². The lowest BCUT2D eigenvalue weighted by Gasteiger charge is -2.33. The molecular formula is C15H28O4. The third-order valence-corrected chi connectivity index (χ3v) is 4.34. The molecule has 0 aromatic rings. The van der Waals surface area contributed by atoms with Crippen molar-refractivity contribution in [2.24, 2.45) is 0 Å². The van der Waals surface area contributed by atoms with Crippen LogP contribution in [-0.4, -0.2) is 41.4 Å². The van der Waals surface area contributed by atoms with Crippen molar-refractivity contribution in [2.45, 2.75) is 82.2 Å². The van der Waals surface area contributed by atoms with Gasteiger partial charge in [-0.3, -0.25) is 0 Å². The van der Waals surface area contributed by atoms with Crippen molar-refractivity contribution < 1.29 is 19.7 Å². The third kappa shape index (κ3) is 5.38. The van der Waals surface area contributed by atoms with Gasteiger partial charge in [-0.2, -0.15) is 0 Å². The molecule has 4 nitrogen and oxygen atoms in total. The second-order valence-electron chi connectivity index (χ2n) is 6.11. The molecule has 112 valence electrons. The molecule has 1 unspecified atom stereocenters. The zero-order valence-corrected chi connectivity index (χ0v) is 11.9. The number of aliphatic hydroxyl groups is 2. The zero-order valence-electron chi connectivity index (χ0n) is 11.9. The van der Waals surface area contributed by atoms with E-state index in [4.69, 9.17) is 9.47 Å². The molecule has 2 N–H and O–H groups in total. The van der Waals surface area contributed by atoms with Gasteiger partial charge >= 0.3 is 0 Å². The molecule has 4 heteroatoms. The maximum absolute atomic E-state index is 10.4. The Morgan fingerprint density at radius 1 is 1.16 bits per heavy atom. The van der Waals surface area contributed by atoms with Crippen molar-refractivity contribution >= 4 is 0 Å². The van der Waals surface area contributed by atoms with Crippen LogP contribution in [0.15, 0.2) is 0 Å². The van der Waals surface area contributed by atoms with Crippen LogP contribution >= 0.6 is 0 Å². The minimum atomic E-state index is -0.541. The number of aliphatic hydroxyl groups excluding tert-OH is 1. The monoisotopic (exact) mass is 272 g/mol. The second kappa shape index (κ2) is 7.58. The van der Waals surface area contributed by atoms with Crippen LogP contribution in [0.4, 0.5) is 0 Å². The molecule has 0 bridgehead atoms. The molecule has 2 fully saturated rings. The first-order chi connectivity index (χ1) is 9.18. The summed E-state index contributed by atoms with van der Waals surface area (Å²) in [5.74, 6) is 0. The highest BCUT2D eigenvalue weighted by Crippen LogP contribution is 2.32. The lowest BCUT2D eigenvalue weighted by atomic mass is 9.81. The molecular weight excluding hydrogens is 244 g/mol. The molecule has 1 saturated heterocycles. The third-order valence-electron chi connectivity index (χ3n) is 4.34. The molecule has 0 radical (unpaired) electrons. The summed E-state index contributed by atoms with van der Waals surface area (Å²) < 4.78 is 11.0. The van der Waals surface area contributed by atoms with Gasteiger partial charge in [0, 0.05) is 6.61 Å². The molecule has 2 atom stereocenters. The average molecular weight is 272 g/mol. The predicted octanol–water partition coefficient (Wildman–Crippen LogP) is 2.37. The number of ether oxygens (including phenoxy) is 2. The molecule has 2 aliphatic rings. The van der Waals surface area contributed by atoms with Gasteiger partial charge in [-0.25, -0.2) is 0 Å². The molecule has 2 rings (SSSR count). The summed E-state index contributed by atoms with van der Waals surface area (Å²) in [6.07, 6.45) is 9.06.